The molecule has 1 aromatic heterocycles. The van der Waals surface area contributed by atoms with Gasteiger partial charge in [0.2, 0.25) is 5.91 Å². The average Bonchev–Trinajstić information content (AvgIpc) is 3.09. The molecule has 1 aliphatic heterocycles. The van der Waals surface area contributed by atoms with Crippen molar-refractivity contribution in [2.75, 3.05) is 32.7 Å². The number of para-hydroxylation sites is 1. The van der Waals surface area contributed by atoms with Crippen LogP contribution in [0.4, 0.5) is 4.39 Å². The van der Waals surface area contributed by atoms with E-state index in [2.05, 4.69) is 22.0 Å². The van der Waals surface area contributed by atoms with Crippen LogP contribution in [0.3, 0.4) is 0 Å². The number of likely N-dealkylation sites (N-methyl/N-ethyl adjacent to an activating group) is 1. The second-order valence-corrected chi connectivity index (χ2v) is 7.26. The van der Waals surface area contributed by atoms with E-state index >= 15 is 0 Å². The van der Waals surface area contributed by atoms with Gasteiger partial charge in [-0.1, -0.05) is 30.8 Å². The number of benzene rings is 1. The van der Waals surface area contributed by atoms with Gasteiger partial charge in [0.15, 0.2) is 5.16 Å². The third kappa shape index (κ3) is 4.01. The number of carbonyl (C=O) groups excluding carboxylic acids is 1. The zero-order valence-corrected chi connectivity index (χ0v) is 15.2. The third-order valence-electron chi connectivity index (χ3n) is 4.39. The molecular formula is C17H22FN5OS. The minimum Gasteiger partial charge on any atom is -0.339 e. The Bertz CT molecular complexity index is 729. The summed E-state index contributed by atoms with van der Waals surface area (Å²) in [6, 6.07) is 6.46. The molecule has 0 spiro atoms. The molecule has 1 saturated heterocycles. The highest BCUT2D eigenvalue weighted by Gasteiger charge is 2.26. The zero-order chi connectivity index (χ0) is 17.8. The number of carbonyl (C=O) groups is 1. The fraction of sp³-hybridized carbons (Fsp3) is 0.471. The van der Waals surface area contributed by atoms with Crippen LogP contribution in [0.15, 0.2) is 35.7 Å². The first-order valence-electron chi connectivity index (χ1n) is 8.43. The summed E-state index contributed by atoms with van der Waals surface area (Å²) in [5.74, 6) is -0.261. The summed E-state index contributed by atoms with van der Waals surface area (Å²) >= 11 is 1.31. The van der Waals surface area contributed by atoms with Gasteiger partial charge < -0.3 is 9.80 Å². The van der Waals surface area contributed by atoms with Crippen molar-refractivity contribution < 1.29 is 9.18 Å². The molecule has 6 nitrogen and oxygen atoms in total. The molecule has 25 heavy (non-hydrogen) atoms. The molecule has 0 aliphatic carbocycles. The number of halogens is 1. The summed E-state index contributed by atoms with van der Waals surface area (Å²) in [5, 5.41) is 8.15. The van der Waals surface area contributed by atoms with Gasteiger partial charge in [-0.2, -0.15) is 0 Å². The van der Waals surface area contributed by atoms with E-state index in [0.717, 1.165) is 32.7 Å². The topological polar surface area (TPSA) is 54.3 Å². The summed E-state index contributed by atoms with van der Waals surface area (Å²) in [6.07, 6.45) is 1.47. The fourth-order valence-corrected chi connectivity index (χ4v) is 3.79. The van der Waals surface area contributed by atoms with Crippen molar-refractivity contribution in [3.8, 4) is 5.69 Å². The number of piperazine rings is 1. The maximum Gasteiger partial charge on any atom is 0.235 e. The average molecular weight is 363 g/mol. The van der Waals surface area contributed by atoms with Gasteiger partial charge in [-0.05, 0) is 25.6 Å². The summed E-state index contributed by atoms with van der Waals surface area (Å²) in [4.78, 5) is 16.9. The first-order chi connectivity index (χ1) is 12.1. The lowest BCUT2D eigenvalue weighted by molar-refractivity contribution is -0.132. The second kappa shape index (κ2) is 7.97. The molecule has 134 valence electrons. The van der Waals surface area contributed by atoms with Crippen molar-refractivity contribution in [3.05, 3.63) is 36.4 Å². The van der Waals surface area contributed by atoms with Gasteiger partial charge in [0.05, 0.1) is 10.9 Å². The predicted molar refractivity (Wildman–Crippen MR) is 95.3 cm³/mol. The van der Waals surface area contributed by atoms with E-state index in [9.17, 15) is 9.18 Å². The predicted octanol–water partition coefficient (Wildman–Crippen LogP) is 2.05. The Morgan fingerprint density at radius 3 is 2.68 bits per heavy atom. The molecule has 3 rings (SSSR count). The van der Waals surface area contributed by atoms with Crippen LogP contribution in [0.1, 0.15) is 13.8 Å². The number of nitrogens with zero attached hydrogens (tertiary/aromatic N) is 5. The standard InChI is InChI=1S/C17H22FN5OS/c1-3-21-8-10-22(11-9-21)16(24)13(2)25-17-20-19-12-23(17)15-7-5-4-6-14(15)18/h4-7,12-13H,3,8-11H2,1-2H3. The molecule has 8 heteroatoms. The molecule has 2 aromatic rings. The highest BCUT2D eigenvalue weighted by molar-refractivity contribution is 8.00. The van der Waals surface area contributed by atoms with Gasteiger partial charge in [0, 0.05) is 26.2 Å². The zero-order valence-electron chi connectivity index (χ0n) is 14.4. The molecule has 1 fully saturated rings. The number of thioether (sulfide) groups is 1. The minimum absolute atomic E-state index is 0.0869. The quantitative estimate of drug-likeness (QED) is 0.761. The molecule has 2 heterocycles. The van der Waals surface area contributed by atoms with Gasteiger partial charge in [0.1, 0.15) is 12.1 Å². The molecule has 1 unspecified atom stereocenters. The molecule has 1 atom stereocenters. The summed E-state index contributed by atoms with van der Waals surface area (Å²) < 4.78 is 15.6. The summed E-state index contributed by atoms with van der Waals surface area (Å²) in [5.41, 5.74) is 0.381. The van der Waals surface area contributed by atoms with E-state index in [0.29, 0.717) is 10.8 Å². The van der Waals surface area contributed by atoms with E-state index in [1.165, 1.54) is 24.2 Å². The molecule has 0 N–H and O–H groups in total. The van der Waals surface area contributed by atoms with Crippen LogP contribution in [0.25, 0.3) is 5.69 Å². The van der Waals surface area contributed by atoms with E-state index in [-0.39, 0.29) is 17.0 Å². The fourth-order valence-electron chi connectivity index (χ4n) is 2.87. The van der Waals surface area contributed by atoms with Crippen molar-refractivity contribution >= 4 is 17.7 Å². The molecule has 0 radical (unpaired) electrons. The van der Waals surface area contributed by atoms with E-state index in [1.54, 1.807) is 22.8 Å². The van der Waals surface area contributed by atoms with Crippen molar-refractivity contribution in [2.24, 2.45) is 0 Å². The second-order valence-electron chi connectivity index (χ2n) is 5.95. The molecule has 1 aromatic carbocycles. The first kappa shape index (κ1) is 17.9. The van der Waals surface area contributed by atoms with Gasteiger partial charge in [0.25, 0.3) is 0 Å². The summed E-state index contributed by atoms with van der Waals surface area (Å²) in [7, 11) is 0. The maximum atomic E-state index is 14.0. The van der Waals surface area contributed by atoms with Crippen LogP contribution in [0, 0.1) is 5.82 Å². The number of amides is 1. The third-order valence-corrected chi connectivity index (χ3v) is 5.43. The number of hydrogen-bond donors (Lipinski definition) is 0. The smallest absolute Gasteiger partial charge is 0.235 e. The Morgan fingerprint density at radius 1 is 1.28 bits per heavy atom. The van der Waals surface area contributed by atoms with Crippen LogP contribution in [-0.2, 0) is 4.79 Å². The molecular weight excluding hydrogens is 341 g/mol. The van der Waals surface area contributed by atoms with Crippen molar-refractivity contribution in [3.63, 3.8) is 0 Å². The van der Waals surface area contributed by atoms with Gasteiger partial charge in [-0.3, -0.25) is 9.36 Å². The Labute approximate surface area is 151 Å². The highest BCUT2D eigenvalue weighted by Crippen LogP contribution is 2.26. The van der Waals surface area contributed by atoms with Gasteiger partial charge in [-0.15, -0.1) is 10.2 Å². The van der Waals surface area contributed by atoms with Crippen molar-refractivity contribution in [1.29, 1.82) is 0 Å². The minimum atomic E-state index is -0.348. The van der Waals surface area contributed by atoms with Gasteiger partial charge in [-0.25, -0.2) is 4.39 Å². The first-order valence-corrected chi connectivity index (χ1v) is 9.31. The van der Waals surface area contributed by atoms with E-state index in [4.69, 9.17) is 0 Å². The van der Waals surface area contributed by atoms with Crippen LogP contribution in [0.5, 0.6) is 0 Å². The largest absolute Gasteiger partial charge is 0.339 e. The van der Waals surface area contributed by atoms with Crippen molar-refractivity contribution in [2.45, 2.75) is 24.3 Å². The Morgan fingerprint density at radius 2 is 2.00 bits per heavy atom. The van der Waals surface area contributed by atoms with Crippen LogP contribution in [0.2, 0.25) is 0 Å². The summed E-state index contributed by atoms with van der Waals surface area (Å²) in [6.45, 7) is 8.31. The Balaban J connectivity index is 1.68. The molecule has 0 bridgehead atoms. The van der Waals surface area contributed by atoms with E-state index in [1.807, 2.05) is 11.8 Å². The Hall–Kier alpha value is -1.93. The number of rotatable bonds is 5. The monoisotopic (exact) mass is 363 g/mol. The SMILES string of the molecule is CCN1CCN(C(=O)C(C)Sc2nncn2-c2ccccc2F)CC1. The molecule has 1 aliphatic rings. The van der Waals surface area contributed by atoms with Gasteiger partial charge >= 0.3 is 0 Å². The lowest BCUT2D eigenvalue weighted by Crippen LogP contribution is -2.50. The highest BCUT2D eigenvalue weighted by atomic mass is 32.2. The number of hydrogen-bond acceptors (Lipinski definition) is 5. The normalized spacial score (nSPS) is 16.8. The lowest BCUT2D eigenvalue weighted by atomic mass is 10.3. The van der Waals surface area contributed by atoms with Crippen molar-refractivity contribution in [1.82, 2.24) is 24.6 Å². The van der Waals surface area contributed by atoms with E-state index < -0.39 is 0 Å². The lowest BCUT2D eigenvalue weighted by Gasteiger charge is -2.35. The maximum absolute atomic E-state index is 14.0. The Kier molecular flexibility index (Phi) is 5.70. The van der Waals surface area contributed by atoms with Crippen LogP contribution < -0.4 is 0 Å². The van der Waals surface area contributed by atoms with Crippen LogP contribution in [-0.4, -0.2) is 68.4 Å². The molecule has 1 amide bonds. The molecule has 0 saturated carbocycles. The van der Waals surface area contributed by atoms with Crippen LogP contribution >= 0.6 is 11.8 Å². The number of aromatic nitrogens is 3.